The zero-order valence-corrected chi connectivity index (χ0v) is 12.1. The first-order valence-electron chi connectivity index (χ1n) is 7.41. The molecule has 1 N–H and O–H groups in total. The van der Waals surface area contributed by atoms with Crippen LogP contribution in [0, 0.1) is 0 Å². The van der Waals surface area contributed by atoms with Gasteiger partial charge in [-0.2, -0.15) is 11.8 Å². The summed E-state index contributed by atoms with van der Waals surface area (Å²) in [6.07, 6.45) is 7.62. The minimum Gasteiger partial charge on any atom is -0.344 e. The molecule has 1 unspecified atom stereocenters. The third kappa shape index (κ3) is 2.76. The number of nitrogens with one attached hydrogen (secondary N) is 1. The van der Waals surface area contributed by atoms with Gasteiger partial charge in [0.05, 0.1) is 0 Å². The molecule has 2 heterocycles. The van der Waals surface area contributed by atoms with E-state index in [1.165, 1.54) is 32.1 Å². The molecule has 0 bridgehead atoms. The molecule has 0 aromatic carbocycles. The molecule has 5 heteroatoms. The van der Waals surface area contributed by atoms with E-state index in [0.29, 0.717) is 17.6 Å². The van der Waals surface area contributed by atoms with E-state index < -0.39 is 0 Å². The predicted octanol–water partition coefficient (Wildman–Crippen LogP) is 1.54. The highest BCUT2D eigenvalue weighted by Crippen LogP contribution is 2.42. The first-order valence-corrected chi connectivity index (χ1v) is 8.39. The predicted molar refractivity (Wildman–Crippen MR) is 76.0 cm³/mol. The molecule has 3 fully saturated rings. The smallest absolute Gasteiger partial charge is 0.245 e. The van der Waals surface area contributed by atoms with Crippen molar-refractivity contribution < 1.29 is 9.59 Å². The third-order valence-electron chi connectivity index (χ3n) is 4.62. The Morgan fingerprint density at radius 3 is 2.79 bits per heavy atom. The maximum atomic E-state index is 12.5. The molecule has 0 aromatic heterocycles. The summed E-state index contributed by atoms with van der Waals surface area (Å²) in [5, 5.41) is 2.81. The Morgan fingerprint density at radius 2 is 2.11 bits per heavy atom. The highest BCUT2D eigenvalue weighted by atomic mass is 32.2. The molecule has 1 atom stereocenters. The molecule has 1 aliphatic carbocycles. The van der Waals surface area contributed by atoms with Crippen LogP contribution in [0.25, 0.3) is 0 Å². The Bertz CT molecular complexity index is 374. The lowest BCUT2D eigenvalue weighted by atomic mass is 9.87. The summed E-state index contributed by atoms with van der Waals surface area (Å²) in [5.41, 5.74) is 0. The van der Waals surface area contributed by atoms with Gasteiger partial charge in [-0.25, -0.2) is 0 Å². The van der Waals surface area contributed by atoms with Crippen LogP contribution in [-0.4, -0.2) is 46.3 Å². The van der Waals surface area contributed by atoms with Gasteiger partial charge in [0.25, 0.3) is 0 Å². The first-order chi connectivity index (χ1) is 9.19. The number of hydrogen-bond acceptors (Lipinski definition) is 3. The average Bonchev–Trinajstić information content (AvgIpc) is 2.85. The summed E-state index contributed by atoms with van der Waals surface area (Å²) in [4.78, 5) is 25.7. The molecule has 2 amide bonds. The van der Waals surface area contributed by atoms with Gasteiger partial charge in [0, 0.05) is 30.0 Å². The number of nitrogens with zero attached hydrogens (tertiary/aromatic N) is 1. The molecule has 2 saturated heterocycles. The van der Waals surface area contributed by atoms with Crippen molar-refractivity contribution in [2.24, 2.45) is 0 Å². The van der Waals surface area contributed by atoms with Crippen LogP contribution in [0.2, 0.25) is 0 Å². The molecule has 0 aromatic rings. The molecule has 19 heavy (non-hydrogen) atoms. The van der Waals surface area contributed by atoms with Gasteiger partial charge in [-0.15, -0.1) is 0 Å². The highest BCUT2D eigenvalue weighted by molar-refractivity contribution is 8.00. The zero-order valence-electron chi connectivity index (χ0n) is 11.3. The number of rotatable bonds is 1. The second kappa shape index (κ2) is 5.35. The van der Waals surface area contributed by atoms with E-state index >= 15 is 0 Å². The van der Waals surface area contributed by atoms with E-state index in [1.54, 1.807) is 0 Å². The Morgan fingerprint density at radius 1 is 1.32 bits per heavy atom. The minimum atomic E-state index is -0.253. The van der Waals surface area contributed by atoms with Gasteiger partial charge in [0.15, 0.2) is 0 Å². The molecule has 2 aliphatic heterocycles. The van der Waals surface area contributed by atoms with Crippen molar-refractivity contribution in [1.29, 1.82) is 0 Å². The van der Waals surface area contributed by atoms with Gasteiger partial charge in [-0.3, -0.25) is 9.59 Å². The summed E-state index contributed by atoms with van der Waals surface area (Å²) >= 11 is 2.07. The van der Waals surface area contributed by atoms with Crippen molar-refractivity contribution in [2.45, 2.75) is 55.7 Å². The lowest BCUT2D eigenvalue weighted by Crippen LogP contribution is -2.54. The standard InChI is InChI=1S/C14H22N2O2S/c17-12-5-4-11(15-12)13(18)16-8-9-19-14(10-16)6-2-1-3-7-14/h11H,1-10H2,(H,15,17). The molecule has 4 nitrogen and oxygen atoms in total. The maximum absolute atomic E-state index is 12.5. The molecule has 1 saturated carbocycles. The van der Waals surface area contributed by atoms with Crippen LogP contribution in [0.1, 0.15) is 44.9 Å². The maximum Gasteiger partial charge on any atom is 0.245 e. The Hall–Kier alpha value is -0.710. The fourth-order valence-corrected chi connectivity index (χ4v) is 5.12. The van der Waals surface area contributed by atoms with E-state index in [-0.39, 0.29) is 17.9 Å². The topological polar surface area (TPSA) is 49.4 Å². The zero-order chi connectivity index (χ0) is 13.3. The summed E-state index contributed by atoms with van der Waals surface area (Å²) in [6.45, 7) is 1.74. The molecule has 1 spiro atoms. The quantitative estimate of drug-likeness (QED) is 0.794. The van der Waals surface area contributed by atoms with Crippen LogP contribution in [0.15, 0.2) is 0 Å². The second-order valence-corrected chi connectivity index (χ2v) is 7.57. The van der Waals surface area contributed by atoms with Crippen molar-refractivity contribution in [3.05, 3.63) is 0 Å². The van der Waals surface area contributed by atoms with Crippen LogP contribution in [-0.2, 0) is 9.59 Å². The first kappa shape index (κ1) is 13.3. The third-order valence-corrected chi connectivity index (χ3v) is 6.15. The van der Waals surface area contributed by atoms with Crippen LogP contribution in [0.3, 0.4) is 0 Å². The molecular weight excluding hydrogens is 260 g/mol. The number of thioether (sulfide) groups is 1. The van der Waals surface area contributed by atoms with Crippen molar-refractivity contribution in [3.8, 4) is 0 Å². The largest absolute Gasteiger partial charge is 0.344 e. The van der Waals surface area contributed by atoms with Gasteiger partial charge >= 0.3 is 0 Å². The Balaban J connectivity index is 1.64. The minimum absolute atomic E-state index is 0.0251. The summed E-state index contributed by atoms with van der Waals surface area (Å²) in [7, 11) is 0. The fourth-order valence-electron chi connectivity index (χ4n) is 3.55. The lowest BCUT2D eigenvalue weighted by Gasteiger charge is -2.45. The highest BCUT2D eigenvalue weighted by Gasteiger charge is 2.40. The summed E-state index contributed by atoms with van der Waals surface area (Å²) in [6, 6.07) is -0.253. The summed E-state index contributed by atoms with van der Waals surface area (Å²) < 4.78 is 0.314. The average molecular weight is 282 g/mol. The number of hydrogen-bond donors (Lipinski definition) is 1. The Labute approximate surface area is 118 Å². The van der Waals surface area contributed by atoms with Crippen LogP contribution in [0.4, 0.5) is 0 Å². The molecule has 3 aliphatic rings. The SMILES string of the molecule is O=C1CCC(C(=O)N2CCSC3(CCCCC3)C2)N1. The van der Waals surface area contributed by atoms with Crippen molar-refractivity contribution >= 4 is 23.6 Å². The van der Waals surface area contributed by atoms with E-state index in [1.807, 2.05) is 4.90 Å². The number of carbonyl (C=O) groups excluding carboxylic acids is 2. The van der Waals surface area contributed by atoms with Crippen molar-refractivity contribution in [2.75, 3.05) is 18.8 Å². The number of amides is 2. The fraction of sp³-hybridized carbons (Fsp3) is 0.857. The number of carbonyl (C=O) groups is 2. The molecule has 106 valence electrons. The van der Waals surface area contributed by atoms with E-state index in [2.05, 4.69) is 17.1 Å². The van der Waals surface area contributed by atoms with Crippen LogP contribution in [0.5, 0.6) is 0 Å². The van der Waals surface area contributed by atoms with Gasteiger partial charge in [0.2, 0.25) is 11.8 Å². The normalized spacial score (nSPS) is 30.4. The van der Waals surface area contributed by atoms with E-state index in [9.17, 15) is 9.59 Å². The van der Waals surface area contributed by atoms with E-state index in [4.69, 9.17) is 0 Å². The molecule has 0 radical (unpaired) electrons. The van der Waals surface area contributed by atoms with Gasteiger partial charge < -0.3 is 10.2 Å². The van der Waals surface area contributed by atoms with Gasteiger partial charge in [-0.1, -0.05) is 19.3 Å². The van der Waals surface area contributed by atoms with Crippen molar-refractivity contribution in [3.63, 3.8) is 0 Å². The molecule has 3 rings (SSSR count). The van der Waals surface area contributed by atoms with Crippen LogP contribution < -0.4 is 5.32 Å². The van der Waals surface area contributed by atoms with Crippen LogP contribution >= 0.6 is 11.8 Å². The second-order valence-electron chi connectivity index (χ2n) is 6.01. The monoisotopic (exact) mass is 282 g/mol. The van der Waals surface area contributed by atoms with Gasteiger partial charge in [0.1, 0.15) is 6.04 Å². The van der Waals surface area contributed by atoms with Crippen molar-refractivity contribution in [1.82, 2.24) is 10.2 Å². The molecular formula is C14H22N2O2S. The Kier molecular flexibility index (Phi) is 3.74. The summed E-state index contributed by atoms with van der Waals surface area (Å²) in [5.74, 6) is 1.22. The van der Waals surface area contributed by atoms with E-state index in [0.717, 1.165) is 18.8 Å². The lowest BCUT2D eigenvalue weighted by molar-refractivity contribution is -0.134. The van der Waals surface area contributed by atoms with Gasteiger partial charge in [-0.05, 0) is 19.3 Å².